The van der Waals surface area contributed by atoms with E-state index in [-0.39, 0.29) is 5.91 Å². The Hall–Kier alpha value is -3.02. The zero-order chi connectivity index (χ0) is 20.1. The van der Waals surface area contributed by atoms with E-state index in [1.54, 1.807) is 0 Å². The first kappa shape index (κ1) is 19.7. The molecular weight excluding hydrogens is 352 g/mol. The number of nitrogens with zero attached hydrogens (tertiary/aromatic N) is 3. The van der Waals surface area contributed by atoms with Gasteiger partial charge in [-0.3, -0.25) is 4.79 Å². The minimum Gasteiger partial charge on any atom is -0.361 e. The Kier molecular flexibility index (Phi) is 6.19. The molecule has 6 nitrogen and oxygen atoms in total. The molecule has 3 aromatic rings. The van der Waals surface area contributed by atoms with E-state index in [1.807, 2.05) is 50.2 Å². The van der Waals surface area contributed by atoms with Crippen molar-refractivity contribution in [3.05, 3.63) is 64.7 Å². The number of benzene rings is 1. The van der Waals surface area contributed by atoms with Crippen molar-refractivity contribution in [1.29, 1.82) is 0 Å². The van der Waals surface area contributed by atoms with Crippen molar-refractivity contribution in [3.8, 4) is 11.3 Å². The molecule has 0 saturated heterocycles. The standard InChI is InChI=1S/C22H26N4O2/c1-14(2)20-10-11-21(25-24-20)17-7-5-8-18(13-17)22(27)23-12-6-9-19-15(3)26-28-16(19)4/h5,7-8,10-11,13-14H,6,9,12H2,1-4H3,(H,23,27). The third kappa shape index (κ3) is 4.63. The first-order chi connectivity index (χ1) is 13.5. The molecule has 2 heterocycles. The lowest BCUT2D eigenvalue weighted by Crippen LogP contribution is -2.24. The van der Waals surface area contributed by atoms with Crippen LogP contribution < -0.4 is 5.32 Å². The van der Waals surface area contributed by atoms with Crippen molar-refractivity contribution in [2.24, 2.45) is 0 Å². The highest BCUT2D eigenvalue weighted by Gasteiger charge is 2.11. The second-order valence-electron chi connectivity index (χ2n) is 7.24. The van der Waals surface area contributed by atoms with Crippen LogP contribution in [-0.2, 0) is 6.42 Å². The molecule has 0 atom stereocenters. The maximum Gasteiger partial charge on any atom is 0.251 e. The van der Waals surface area contributed by atoms with Crippen molar-refractivity contribution in [2.75, 3.05) is 6.54 Å². The number of aryl methyl sites for hydroxylation is 2. The second kappa shape index (κ2) is 8.78. The molecule has 1 amide bonds. The van der Waals surface area contributed by atoms with Crippen LogP contribution in [0.2, 0.25) is 0 Å². The van der Waals surface area contributed by atoms with Gasteiger partial charge in [0.2, 0.25) is 0 Å². The second-order valence-corrected chi connectivity index (χ2v) is 7.24. The normalized spacial score (nSPS) is 11.0. The van der Waals surface area contributed by atoms with Crippen molar-refractivity contribution in [1.82, 2.24) is 20.7 Å². The third-order valence-corrected chi connectivity index (χ3v) is 4.77. The molecule has 1 N–H and O–H groups in total. The predicted octanol–water partition coefficient (Wildman–Crippen LogP) is 4.23. The monoisotopic (exact) mass is 378 g/mol. The first-order valence-corrected chi connectivity index (χ1v) is 9.59. The summed E-state index contributed by atoms with van der Waals surface area (Å²) in [5.74, 6) is 1.09. The van der Waals surface area contributed by atoms with E-state index in [4.69, 9.17) is 4.52 Å². The van der Waals surface area contributed by atoms with Gasteiger partial charge in [-0.1, -0.05) is 31.1 Å². The van der Waals surface area contributed by atoms with E-state index < -0.39 is 0 Å². The molecule has 0 aliphatic carbocycles. The molecule has 0 fully saturated rings. The number of aromatic nitrogens is 3. The molecule has 3 rings (SSSR count). The lowest BCUT2D eigenvalue weighted by atomic mass is 10.1. The summed E-state index contributed by atoms with van der Waals surface area (Å²) in [5.41, 5.74) is 5.25. The first-order valence-electron chi connectivity index (χ1n) is 9.59. The largest absolute Gasteiger partial charge is 0.361 e. The maximum atomic E-state index is 12.5. The number of rotatable bonds is 7. The van der Waals surface area contributed by atoms with Crippen LogP contribution in [0, 0.1) is 13.8 Å². The minimum absolute atomic E-state index is 0.0904. The Morgan fingerprint density at radius 3 is 2.61 bits per heavy atom. The summed E-state index contributed by atoms with van der Waals surface area (Å²) in [4.78, 5) is 12.5. The topological polar surface area (TPSA) is 80.9 Å². The highest BCUT2D eigenvalue weighted by molar-refractivity contribution is 5.95. The highest BCUT2D eigenvalue weighted by Crippen LogP contribution is 2.20. The number of nitrogens with one attached hydrogen (secondary N) is 1. The van der Waals surface area contributed by atoms with Gasteiger partial charge in [0.25, 0.3) is 5.91 Å². The van der Waals surface area contributed by atoms with Crippen molar-refractivity contribution in [3.63, 3.8) is 0 Å². The SMILES string of the molecule is Cc1noc(C)c1CCCNC(=O)c1cccc(-c2ccc(C(C)C)nn2)c1. The molecule has 0 spiro atoms. The zero-order valence-electron chi connectivity index (χ0n) is 16.8. The van der Waals surface area contributed by atoms with Crippen LogP contribution in [0.15, 0.2) is 40.9 Å². The smallest absolute Gasteiger partial charge is 0.251 e. The Labute approximate surface area is 165 Å². The van der Waals surface area contributed by atoms with Crippen LogP contribution in [0.3, 0.4) is 0 Å². The van der Waals surface area contributed by atoms with Crippen molar-refractivity contribution >= 4 is 5.91 Å². The molecule has 0 aliphatic heterocycles. The number of hydrogen-bond acceptors (Lipinski definition) is 5. The molecule has 0 aliphatic rings. The molecule has 146 valence electrons. The average Bonchev–Trinajstić information content (AvgIpc) is 3.03. The average molecular weight is 378 g/mol. The van der Waals surface area contributed by atoms with Crippen LogP contribution >= 0.6 is 0 Å². The van der Waals surface area contributed by atoms with Gasteiger partial charge in [0.05, 0.1) is 17.1 Å². The maximum absolute atomic E-state index is 12.5. The van der Waals surface area contributed by atoms with Gasteiger partial charge >= 0.3 is 0 Å². The number of carbonyl (C=O) groups is 1. The van der Waals surface area contributed by atoms with E-state index in [0.717, 1.165) is 46.8 Å². The van der Waals surface area contributed by atoms with Crippen LogP contribution in [-0.4, -0.2) is 27.8 Å². The van der Waals surface area contributed by atoms with Gasteiger partial charge in [0.1, 0.15) is 5.76 Å². The van der Waals surface area contributed by atoms with Gasteiger partial charge < -0.3 is 9.84 Å². The van der Waals surface area contributed by atoms with Gasteiger partial charge in [0, 0.05) is 23.2 Å². The molecule has 0 bridgehead atoms. The number of carbonyl (C=O) groups excluding carboxylic acids is 1. The van der Waals surface area contributed by atoms with E-state index >= 15 is 0 Å². The molecule has 0 radical (unpaired) electrons. The lowest BCUT2D eigenvalue weighted by Gasteiger charge is -2.08. The summed E-state index contributed by atoms with van der Waals surface area (Å²) in [5, 5.41) is 15.5. The Morgan fingerprint density at radius 1 is 1.14 bits per heavy atom. The fourth-order valence-electron chi connectivity index (χ4n) is 3.05. The zero-order valence-corrected chi connectivity index (χ0v) is 16.8. The van der Waals surface area contributed by atoms with E-state index in [0.29, 0.717) is 18.0 Å². The van der Waals surface area contributed by atoms with Gasteiger partial charge in [0.15, 0.2) is 0 Å². The highest BCUT2D eigenvalue weighted by atomic mass is 16.5. The van der Waals surface area contributed by atoms with E-state index in [1.165, 1.54) is 0 Å². The summed E-state index contributed by atoms with van der Waals surface area (Å²) in [6.07, 6.45) is 1.66. The Balaban J connectivity index is 1.59. The van der Waals surface area contributed by atoms with E-state index in [2.05, 4.69) is 34.5 Å². The van der Waals surface area contributed by atoms with E-state index in [9.17, 15) is 4.79 Å². The molecule has 0 saturated carbocycles. The molecule has 0 unspecified atom stereocenters. The van der Waals surface area contributed by atoms with Crippen LogP contribution in [0.1, 0.15) is 59.3 Å². The van der Waals surface area contributed by atoms with Crippen molar-refractivity contribution in [2.45, 2.75) is 46.5 Å². The molecule has 1 aromatic carbocycles. The minimum atomic E-state index is -0.0904. The van der Waals surface area contributed by atoms with Gasteiger partial charge in [-0.2, -0.15) is 10.2 Å². The van der Waals surface area contributed by atoms with Crippen molar-refractivity contribution < 1.29 is 9.32 Å². The number of hydrogen-bond donors (Lipinski definition) is 1. The lowest BCUT2D eigenvalue weighted by molar-refractivity contribution is 0.0953. The fraction of sp³-hybridized carbons (Fsp3) is 0.364. The molecule has 28 heavy (non-hydrogen) atoms. The fourth-order valence-corrected chi connectivity index (χ4v) is 3.05. The summed E-state index contributed by atoms with van der Waals surface area (Å²) in [6, 6.07) is 11.4. The summed E-state index contributed by atoms with van der Waals surface area (Å²) < 4.78 is 5.17. The summed E-state index contributed by atoms with van der Waals surface area (Å²) in [7, 11) is 0. The van der Waals surface area contributed by atoms with Crippen LogP contribution in [0.4, 0.5) is 0 Å². The van der Waals surface area contributed by atoms with Crippen LogP contribution in [0.5, 0.6) is 0 Å². The summed E-state index contributed by atoms with van der Waals surface area (Å²) in [6.45, 7) is 8.61. The molecular formula is C22H26N4O2. The summed E-state index contributed by atoms with van der Waals surface area (Å²) >= 11 is 0. The quantitative estimate of drug-likeness (QED) is 0.622. The van der Waals surface area contributed by atoms with Gasteiger partial charge in [-0.25, -0.2) is 0 Å². The molecule has 2 aromatic heterocycles. The number of amides is 1. The van der Waals surface area contributed by atoms with Crippen LogP contribution in [0.25, 0.3) is 11.3 Å². The third-order valence-electron chi connectivity index (χ3n) is 4.77. The predicted molar refractivity (Wildman–Crippen MR) is 108 cm³/mol. The Bertz CT molecular complexity index is 926. The van der Waals surface area contributed by atoms with Gasteiger partial charge in [-0.15, -0.1) is 0 Å². The molecule has 6 heteroatoms. The van der Waals surface area contributed by atoms with Gasteiger partial charge in [-0.05, 0) is 56.9 Å². The Morgan fingerprint density at radius 2 is 1.96 bits per heavy atom.